The van der Waals surface area contributed by atoms with E-state index in [0.29, 0.717) is 11.5 Å². The number of benzene rings is 2. The molecule has 38 heavy (non-hydrogen) atoms. The van der Waals surface area contributed by atoms with E-state index in [1.807, 2.05) is 24.3 Å². The molecule has 5 rings (SSSR count). The van der Waals surface area contributed by atoms with Crippen LogP contribution < -0.4 is 25.8 Å². The fraction of sp³-hybridized carbons (Fsp3) is 0.357. The number of amides is 2. The Hall–Kier alpha value is -4.18. The van der Waals surface area contributed by atoms with Crippen LogP contribution in [0.25, 0.3) is 0 Å². The van der Waals surface area contributed by atoms with Gasteiger partial charge in [-0.3, -0.25) is 9.59 Å². The van der Waals surface area contributed by atoms with Gasteiger partial charge >= 0.3 is 0 Å². The molecule has 3 heterocycles. The number of nitrogens with zero attached hydrogens (tertiary/aromatic N) is 4. The molecule has 3 aromatic rings. The molecule has 0 bridgehead atoms. The van der Waals surface area contributed by atoms with Gasteiger partial charge in [-0.2, -0.15) is 0 Å². The molecule has 2 saturated heterocycles. The second-order valence-corrected chi connectivity index (χ2v) is 9.56. The SMILES string of the molecule is CC(=O)Nc1ccc(NC(=O)C2CCN(c3ccc(Nc4ccc(N5CCOCC5)cc4)nn3)CC2)cc1. The van der Waals surface area contributed by atoms with Crippen molar-refractivity contribution >= 4 is 46.2 Å². The first kappa shape index (κ1) is 25.5. The Bertz CT molecular complexity index is 1220. The molecule has 10 nitrogen and oxygen atoms in total. The fourth-order valence-electron chi connectivity index (χ4n) is 4.74. The van der Waals surface area contributed by atoms with E-state index < -0.39 is 0 Å². The van der Waals surface area contributed by atoms with E-state index >= 15 is 0 Å². The van der Waals surface area contributed by atoms with Gasteiger partial charge < -0.3 is 30.5 Å². The average Bonchev–Trinajstić information content (AvgIpc) is 2.95. The molecule has 10 heteroatoms. The van der Waals surface area contributed by atoms with Crippen LogP contribution in [0.3, 0.4) is 0 Å². The van der Waals surface area contributed by atoms with Gasteiger partial charge in [-0.05, 0) is 73.5 Å². The number of ether oxygens (including phenoxy) is 1. The van der Waals surface area contributed by atoms with E-state index in [0.717, 1.165) is 69.4 Å². The van der Waals surface area contributed by atoms with Crippen molar-refractivity contribution < 1.29 is 14.3 Å². The van der Waals surface area contributed by atoms with E-state index in [2.05, 4.69) is 48.1 Å². The Morgan fingerprint density at radius 3 is 2.00 bits per heavy atom. The minimum absolute atomic E-state index is 0.0159. The lowest BCUT2D eigenvalue weighted by molar-refractivity contribution is -0.120. The maximum Gasteiger partial charge on any atom is 0.227 e. The predicted molar refractivity (Wildman–Crippen MR) is 149 cm³/mol. The zero-order valence-corrected chi connectivity index (χ0v) is 21.5. The molecule has 1 aromatic heterocycles. The highest BCUT2D eigenvalue weighted by Gasteiger charge is 2.26. The lowest BCUT2D eigenvalue weighted by Crippen LogP contribution is -2.38. The van der Waals surface area contributed by atoms with Crippen molar-refractivity contribution in [1.82, 2.24) is 10.2 Å². The Balaban J connectivity index is 1.09. The molecule has 2 aliphatic heterocycles. The van der Waals surface area contributed by atoms with Crippen molar-refractivity contribution in [1.29, 1.82) is 0 Å². The summed E-state index contributed by atoms with van der Waals surface area (Å²) in [5.74, 6) is 1.33. The molecular weight excluding hydrogens is 482 g/mol. The normalized spacial score (nSPS) is 16.1. The van der Waals surface area contributed by atoms with Crippen LogP contribution in [0, 0.1) is 5.92 Å². The largest absolute Gasteiger partial charge is 0.378 e. The van der Waals surface area contributed by atoms with Crippen LogP contribution in [-0.4, -0.2) is 61.4 Å². The summed E-state index contributed by atoms with van der Waals surface area (Å²) in [6.07, 6.45) is 1.49. The van der Waals surface area contributed by atoms with Gasteiger partial charge in [0.2, 0.25) is 11.8 Å². The second kappa shape index (κ2) is 11.9. The molecular formula is C28H33N7O3. The zero-order valence-electron chi connectivity index (χ0n) is 21.5. The number of morpholine rings is 1. The Morgan fingerprint density at radius 2 is 1.39 bits per heavy atom. The molecule has 2 aliphatic rings. The van der Waals surface area contributed by atoms with Crippen molar-refractivity contribution in [3.05, 3.63) is 60.7 Å². The molecule has 0 spiro atoms. The fourth-order valence-corrected chi connectivity index (χ4v) is 4.74. The van der Waals surface area contributed by atoms with Gasteiger partial charge in [-0.25, -0.2) is 0 Å². The summed E-state index contributed by atoms with van der Waals surface area (Å²) in [4.78, 5) is 28.4. The number of carbonyl (C=O) groups excluding carboxylic acids is 2. The van der Waals surface area contributed by atoms with Gasteiger partial charge in [-0.15, -0.1) is 10.2 Å². The maximum atomic E-state index is 12.8. The molecule has 0 radical (unpaired) electrons. The summed E-state index contributed by atoms with van der Waals surface area (Å²) >= 11 is 0. The highest BCUT2D eigenvalue weighted by atomic mass is 16.5. The first-order valence-electron chi connectivity index (χ1n) is 13.0. The summed E-state index contributed by atoms with van der Waals surface area (Å²) in [5, 5.41) is 17.8. The van der Waals surface area contributed by atoms with Gasteiger partial charge in [0.15, 0.2) is 11.6 Å². The number of carbonyl (C=O) groups is 2. The van der Waals surface area contributed by atoms with Crippen molar-refractivity contribution in [2.45, 2.75) is 19.8 Å². The smallest absolute Gasteiger partial charge is 0.227 e. The highest BCUT2D eigenvalue weighted by Crippen LogP contribution is 2.25. The third kappa shape index (κ3) is 6.57. The van der Waals surface area contributed by atoms with E-state index in [9.17, 15) is 9.59 Å². The zero-order chi connectivity index (χ0) is 26.3. The number of aromatic nitrogens is 2. The van der Waals surface area contributed by atoms with Crippen LogP contribution in [0.2, 0.25) is 0 Å². The number of nitrogens with one attached hydrogen (secondary N) is 3. The van der Waals surface area contributed by atoms with E-state index in [-0.39, 0.29) is 17.7 Å². The minimum atomic E-state index is -0.126. The predicted octanol–water partition coefficient (Wildman–Crippen LogP) is 3.87. The summed E-state index contributed by atoms with van der Waals surface area (Å²) in [7, 11) is 0. The van der Waals surface area contributed by atoms with Gasteiger partial charge in [0, 0.05) is 61.8 Å². The van der Waals surface area contributed by atoms with Crippen LogP contribution in [0.15, 0.2) is 60.7 Å². The Kier molecular flexibility index (Phi) is 7.98. The van der Waals surface area contributed by atoms with Crippen molar-refractivity contribution in [2.24, 2.45) is 5.92 Å². The van der Waals surface area contributed by atoms with Crippen LogP contribution in [-0.2, 0) is 14.3 Å². The average molecular weight is 516 g/mol. The lowest BCUT2D eigenvalue weighted by atomic mass is 9.96. The third-order valence-electron chi connectivity index (χ3n) is 6.83. The molecule has 0 unspecified atom stereocenters. The van der Waals surface area contributed by atoms with E-state index in [1.54, 1.807) is 24.3 Å². The number of hydrogen-bond acceptors (Lipinski definition) is 8. The molecule has 2 aromatic carbocycles. The first-order chi connectivity index (χ1) is 18.5. The number of rotatable bonds is 7. The Labute approximate surface area is 222 Å². The number of hydrogen-bond donors (Lipinski definition) is 3. The maximum absolute atomic E-state index is 12.8. The van der Waals surface area contributed by atoms with Gasteiger partial charge in [0.25, 0.3) is 0 Å². The van der Waals surface area contributed by atoms with Crippen LogP contribution >= 0.6 is 0 Å². The monoisotopic (exact) mass is 515 g/mol. The summed E-state index contributed by atoms with van der Waals surface area (Å²) < 4.78 is 5.43. The van der Waals surface area contributed by atoms with Crippen molar-refractivity contribution in [2.75, 3.05) is 65.1 Å². The standard InChI is InChI=1S/C28H33N7O3/c1-20(36)29-22-2-4-24(5-3-22)31-28(37)21-12-14-35(15-13-21)27-11-10-26(32-33-27)30-23-6-8-25(9-7-23)34-16-18-38-19-17-34/h2-11,21H,12-19H2,1H3,(H,29,36)(H,30,32)(H,31,37). The Morgan fingerprint density at radius 1 is 0.763 bits per heavy atom. The molecule has 0 atom stereocenters. The van der Waals surface area contributed by atoms with Crippen LogP contribution in [0.1, 0.15) is 19.8 Å². The van der Waals surface area contributed by atoms with Gasteiger partial charge in [-0.1, -0.05) is 0 Å². The topological polar surface area (TPSA) is 112 Å². The van der Waals surface area contributed by atoms with Crippen LogP contribution in [0.5, 0.6) is 0 Å². The number of piperidine rings is 1. The molecule has 0 saturated carbocycles. The summed E-state index contributed by atoms with van der Waals surface area (Å²) in [6.45, 7) is 6.30. The third-order valence-corrected chi connectivity index (χ3v) is 6.83. The van der Waals surface area contributed by atoms with Gasteiger partial charge in [0.1, 0.15) is 0 Å². The summed E-state index contributed by atoms with van der Waals surface area (Å²) in [6, 6.07) is 19.4. The highest BCUT2D eigenvalue weighted by molar-refractivity contribution is 5.93. The second-order valence-electron chi connectivity index (χ2n) is 9.56. The number of anilines is 6. The molecule has 198 valence electrons. The lowest BCUT2D eigenvalue weighted by Gasteiger charge is -2.31. The van der Waals surface area contributed by atoms with Crippen molar-refractivity contribution in [3.8, 4) is 0 Å². The van der Waals surface area contributed by atoms with Gasteiger partial charge in [0.05, 0.1) is 13.2 Å². The summed E-state index contributed by atoms with van der Waals surface area (Å²) in [5.41, 5.74) is 3.57. The molecule has 2 fully saturated rings. The van der Waals surface area contributed by atoms with E-state index in [1.165, 1.54) is 12.6 Å². The first-order valence-corrected chi connectivity index (χ1v) is 13.0. The van der Waals surface area contributed by atoms with Crippen molar-refractivity contribution in [3.63, 3.8) is 0 Å². The molecule has 3 N–H and O–H groups in total. The van der Waals surface area contributed by atoms with Crippen LogP contribution in [0.4, 0.5) is 34.4 Å². The minimum Gasteiger partial charge on any atom is -0.378 e. The molecule has 2 amide bonds. The molecule has 0 aliphatic carbocycles. The quantitative estimate of drug-likeness (QED) is 0.435. The van der Waals surface area contributed by atoms with E-state index in [4.69, 9.17) is 4.74 Å².